The first-order chi connectivity index (χ1) is 9.09. The standard InChI is InChI=1S/C11H12BrN3O2S2/c12-8-4-6-15(7-5-8)19(16,17)10-3-1-2-9-11(10)14-18-13-9/h1-3,8H,4-7H2. The molecule has 0 spiro atoms. The molecule has 19 heavy (non-hydrogen) atoms. The van der Waals surface area contributed by atoms with Crippen molar-refractivity contribution in [2.24, 2.45) is 8.73 Å². The Morgan fingerprint density at radius 2 is 2.00 bits per heavy atom. The fourth-order valence-electron chi connectivity index (χ4n) is 2.19. The molecule has 8 heteroatoms. The molecule has 1 aromatic rings. The summed E-state index contributed by atoms with van der Waals surface area (Å²) in [6.07, 6.45) is 1.68. The number of rotatable bonds is 2. The molecule has 0 amide bonds. The van der Waals surface area contributed by atoms with Crippen LogP contribution in [0.2, 0.25) is 0 Å². The third-order valence-electron chi connectivity index (χ3n) is 3.25. The Balaban J connectivity index is 1.98. The molecule has 1 aromatic carbocycles. The maximum Gasteiger partial charge on any atom is 0.245 e. The molecule has 0 aromatic heterocycles. The van der Waals surface area contributed by atoms with Gasteiger partial charge in [0.1, 0.15) is 16.3 Å². The number of sulfonamides is 1. The summed E-state index contributed by atoms with van der Waals surface area (Å²) in [4.78, 5) is 0.683. The van der Waals surface area contributed by atoms with Crippen LogP contribution in [0.5, 0.6) is 0 Å². The fraction of sp³-hybridized carbons (Fsp3) is 0.455. The second-order valence-corrected chi connectivity index (χ2v) is 8.20. The first-order valence-corrected chi connectivity index (χ1v) is 9.03. The van der Waals surface area contributed by atoms with E-state index in [0.29, 0.717) is 29.3 Å². The first-order valence-electron chi connectivity index (χ1n) is 5.94. The molecule has 3 rings (SSSR count). The van der Waals surface area contributed by atoms with Crippen molar-refractivity contribution in [3.05, 3.63) is 18.2 Å². The second-order valence-electron chi connectivity index (χ2n) is 4.47. The van der Waals surface area contributed by atoms with Gasteiger partial charge in [-0.05, 0) is 25.0 Å². The van der Waals surface area contributed by atoms with E-state index < -0.39 is 10.0 Å². The number of halogens is 1. The van der Waals surface area contributed by atoms with Gasteiger partial charge in [0, 0.05) is 17.9 Å². The molecule has 2 aliphatic rings. The molecule has 0 unspecified atom stereocenters. The minimum atomic E-state index is -3.47. The van der Waals surface area contributed by atoms with Gasteiger partial charge in [0.15, 0.2) is 0 Å². The molecule has 2 aliphatic heterocycles. The lowest BCUT2D eigenvalue weighted by Gasteiger charge is -2.28. The average Bonchev–Trinajstić information content (AvgIpc) is 2.87. The van der Waals surface area contributed by atoms with Gasteiger partial charge in [0.25, 0.3) is 0 Å². The summed E-state index contributed by atoms with van der Waals surface area (Å²) in [7, 11) is -3.47. The van der Waals surface area contributed by atoms with Crippen LogP contribution in [0.15, 0.2) is 31.8 Å². The highest BCUT2D eigenvalue weighted by atomic mass is 79.9. The summed E-state index contributed by atoms with van der Waals surface area (Å²) >= 11 is 4.57. The lowest BCUT2D eigenvalue weighted by atomic mass is 10.2. The van der Waals surface area contributed by atoms with Crippen LogP contribution in [0.3, 0.4) is 0 Å². The predicted molar refractivity (Wildman–Crippen MR) is 78.7 cm³/mol. The smallest absolute Gasteiger partial charge is 0.207 e. The van der Waals surface area contributed by atoms with Gasteiger partial charge >= 0.3 is 0 Å². The number of hydrogen-bond acceptors (Lipinski definition) is 4. The van der Waals surface area contributed by atoms with Crippen molar-refractivity contribution in [1.29, 1.82) is 0 Å². The van der Waals surface area contributed by atoms with Gasteiger partial charge in [-0.1, -0.05) is 22.0 Å². The Bertz CT molecular complexity index is 675. The van der Waals surface area contributed by atoms with Crippen LogP contribution in [0.4, 0.5) is 11.4 Å². The maximum atomic E-state index is 12.7. The molecular weight excluding hydrogens is 350 g/mol. The summed E-state index contributed by atoms with van der Waals surface area (Å²) in [5, 5.41) is 0. The van der Waals surface area contributed by atoms with Crippen LogP contribution in [-0.2, 0) is 21.4 Å². The molecule has 0 bridgehead atoms. The van der Waals surface area contributed by atoms with Gasteiger partial charge < -0.3 is 0 Å². The quantitative estimate of drug-likeness (QED) is 0.771. The van der Waals surface area contributed by atoms with Gasteiger partial charge in [0.2, 0.25) is 10.0 Å². The Kier molecular flexibility index (Phi) is 3.59. The molecule has 1 fully saturated rings. The van der Waals surface area contributed by atoms with Crippen LogP contribution < -0.4 is 0 Å². The largest absolute Gasteiger partial charge is 0.245 e. The molecular formula is C11H12BrN3O2S2. The van der Waals surface area contributed by atoms with Crippen molar-refractivity contribution >= 4 is 48.7 Å². The van der Waals surface area contributed by atoms with E-state index in [1.165, 1.54) is 0 Å². The van der Waals surface area contributed by atoms with Gasteiger partial charge in [-0.15, -0.1) is 0 Å². The Hall–Kier alpha value is -0.570. The Labute approximate surface area is 124 Å². The monoisotopic (exact) mass is 361 g/mol. The Morgan fingerprint density at radius 1 is 1.26 bits per heavy atom. The summed E-state index contributed by atoms with van der Waals surface area (Å²) in [5.41, 5.74) is 1.12. The summed E-state index contributed by atoms with van der Waals surface area (Å²) in [6.45, 7) is 1.10. The Morgan fingerprint density at radius 3 is 2.74 bits per heavy atom. The maximum absolute atomic E-state index is 12.7. The number of hydrogen-bond donors (Lipinski definition) is 0. The van der Waals surface area contributed by atoms with Crippen LogP contribution in [0, 0.1) is 0 Å². The average molecular weight is 362 g/mol. The lowest BCUT2D eigenvalue weighted by molar-refractivity contribution is 0.355. The lowest BCUT2D eigenvalue weighted by Crippen LogP contribution is -2.38. The zero-order valence-corrected chi connectivity index (χ0v) is 13.2. The van der Waals surface area contributed by atoms with Gasteiger partial charge in [-0.25, -0.2) is 8.42 Å². The van der Waals surface area contributed by atoms with E-state index in [2.05, 4.69) is 24.7 Å². The summed E-state index contributed by atoms with van der Waals surface area (Å²) in [6, 6.07) is 5.11. The van der Waals surface area contributed by atoms with Crippen molar-refractivity contribution < 1.29 is 8.42 Å². The summed E-state index contributed by atoms with van der Waals surface area (Å²) < 4.78 is 35.0. The minimum Gasteiger partial charge on any atom is -0.207 e. The van der Waals surface area contributed by atoms with E-state index in [9.17, 15) is 8.42 Å². The highest BCUT2D eigenvalue weighted by Crippen LogP contribution is 2.39. The molecule has 1 saturated heterocycles. The predicted octanol–water partition coefficient (Wildman–Crippen LogP) is 2.96. The normalized spacial score (nSPS) is 20.3. The molecule has 0 N–H and O–H groups in total. The van der Waals surface area contributed by atoms with E-state index in [1.54, 1.807) is 22.5 Å². The number of fused-ring (bicyclic) bond motifs is 1. The van der Waals surface area contributed by atoms with E-state index >= 15 is 0 Å². The van der Waals surface area contributed by atoms with Crippen LogP contribution in [-0.4, -0.2) is 30.6 Å². The third kappa shape index (κ3) is 2.42. The van der Waals surface area contributed by atoms with Crippen LogP contribution >= 0.6 is 15.9 Å². The highest BCUT2D eigenvalue weighted by molar-refractivity contribution is 9.09. The third-order valence-corrected chi connectivity index (χ3v) is 6.64. The van der Waals surface area contributed by atoms with Gasteiger partial charge in [0.05, 0.1) is 11.4 Å². The zero-order valence-electron chi connectivity index (χ0n) is 9.99. The minimum absolute atomic E-state index is 0.270. The van der Waals surface area contributed by atoms with Crippen LogP contribution in [0.25, 0.3) is 0 Å². The van der Waals surface area contributed by atoms with E-state index in [0.717, 1.165) is 24.2 Å². The topological polar surface area (TPSA) is 62.1 Å². The molecule has 0 aliphatic carbocycles. The van der Waals surface area contributed by atoms with Crippen molar-refractivity contribution in [3.63, 3.8) is 0 Å². The number of alkyl halides is 1. The van der Waals surface area contributed by atoms with E-state index in [4.69, 9.17) is 0 Å². The molecule has 0 atom stereocenters. The molecule has 5 nitrogen and oxygen atoms in total. The van der Waals surface area contributed by atoms with Crippen molar-refractivity contribution in [2.45, 2.75) is 22.6 Å². The first kappa shape index (κ1) is 13.4. The molecule has 0 saturated carbocycles. The SMILES string of the molecule is O=S(=O)(c1cccc2c1N=S=N2)N1CCC(Br)CC1. The fourth-order valence-corrected chi connectivity index (χ4v) is 4.82. The molecule has 102 valence electrons. The van der Waals surface area contributed by atoms with E-state index in [1.807, 2.05) is 0 Å². The second kappa shape index (κ2) is 5.08. The van der Waals surface area contributed by atoms with Gasteiger partial charge in [-0.2, -0.15) is 13.0 Å². The zero-order chi connectivity index (χ0) is 13.5. The molecule has 0 radical (unpaired) electrons. The molecule has 2 heterocycles. The van der Waals surface area contributed by atoms with E-state index in [-0.39, 0.29) is 4.90 Å². The number of piperidine rings is 1. The summed E-state index contributed by atoms with van der Waals surface area (Å²) in [5.74, 6) is 0. The van der Waals surface area contributed by atoms with Crippen molar-refractivity contribution in [3.8, 4) is 0 Å². The van der Waals surface area contributed by atoms with Crippen molar-refractivity contribution in [2.75, 3.05) is 13.1 Å². The van der Waals surface area contributed by atoms with Crippen molar-refractivity contribution in [1.82, 2.24) is 4.31 Å². The van der Waals surface area contributed by atoms with Gasteiger partial charge in [-0.3, -0.25) is 0 Å². The number of nitrogens with zero attached hydrogens (tertiary/aromatic N) is 3. The van der Waals surface area contributed by atoms with Crippen LogP contribution in [0.1, 0.15) is 12.8 Å². The number of benzene rings is 1. The highest BCUT2D eigenvalue weighted by Gasteiger charge is 2.31.